The number of benzene rings is 1. The summed E-state index contributed by atoms with van der Waals surface area (Å²) in [7, 11) is 1.99. The Morgan fingerprint density at radius 1 is 1.20 bits per heavy atom. The van der Waals surface area contributed by atoms with E-state index >= 15 is 0 Å². The molecule has 2 aromatic heterocycles. The Bertz CT molecular complexity index is 1670. The molecule has 3 fully saturated rings. The molecule has 0 bridgehead atoms. The van der Waals surface area contributed by atoms with Crippen LogP contribution in [0.15, 0.2) is 53.5 Å². The lowest BCUT2D eigenvalue weighted by atomic mass is 9.70. The zero-order chi connectivity index (χ0) is 27.1. The van der Waals surface area contributed by atoms with Crippen molar-refractivity contribution < 1.29 is 4.74 Å². The molecule has 0 radical (unpaired) electrons. The second kappa shape index (κ2) is 8.77. The minimum atomic E-state index is -0.306. The van der Waals surface area contributed by atoms with Crippen LogP contribution in [0.4, 0.5) is 0 Å². The predicted molar refractivity (Wildman–Crippen MR) is 156 cm³/mol. The van der Waals surface area contributed by atoms with E-state index in [1.54, 1.807) is 11.3 Å². The molecule has 1 unspecified atom stereocenters. The summed E-state index contributed by atoms with van der Waals surface area (Å²) in [4.78, 5) is 8.35. The van der Waals surface area contributed by atoms with Crippen molar-refractivity contribution in [2.75, 3.05) is 19.7 Å². The van der Waals surface area contributed by atoms with Crippen LogP contribution in [0.2, 0.25) is 0 Å². The van der Waals surface area contributed by atoms with Crippen LogP contribution in [-0.4, -0.2) is 56.7 Å². The summed E-state index contributed by atoms with van der Waals surface area (Å²) in [6.45, 7) is 4.64. The van der Waals surface area contributed by atoms with Gasteiger partial charge in [-0.3, -0.25) is 9.58 Å². The maximum Gasteiger partial charge on any atom is 0.124 e. The van der Waals surface area contributed by atoms with Crippen LogP contribution < -0.4 is 10.6 Å². The van der Waals surface area contributed by atoms with Crippen molar-refractivity contribution in [1.82, 2.24) is 30.3 Å². The van der Waals surface area contributed by atoms with E-state index in [0.717, 1.165) is 65.3 Å². The van der Waals surface area contributed by atoms with Gasteiger partial charge in [-0.25, -0.2) is 4.98 Å². The first-order chi connectivity index (χ1) is 19.5. The zero-order valence-corrected chi connectivity index (χ0v) is 23.8. The third-order valence-corrected chi connectivity index (χ3v) is 10.8. The van der Waals surface area contributed by atoms with Crippen LogP contribution in [0.1, 0.15) is 54.0 Å². The average Bonchev–Trinajstić information content (AvgIpc) is 3.71. The fraction of sp³-hybridized carbons (Fsp3) is 0.452. The fourth-order valence-corrected chi connectivity index (χ4v) is 8.49. The Labute approximate surface area is 238 Å². The van der Waals surface area contributed by atoms with Crippen LogP contribution in [0.25, 0.3) is 22.2 Å². The van der Waals surface area contributed by atoms with Crippen molar-refractivity contribution >= 4 is 33.5 Å². The molecule has 2 N–H and O–H groups in total. The van der Waals surface area contributed by atoms with Gasteiger partial charge in [-0.2, -0.15) is 10.4 Å². The molecule has 0 amide bonds. The molecule has 1 aromatic carbocycles. The number of fused-ring (bicyclic) bond motifs is 4. The van der Waals surface area contributed by atoms with E-state index in [2.05, 4.69) is 63.0 Å². The number of likely N-dealkylation sites (tertiary alicyclic amines) is 1. The van der Waals surface area contributed by atoms with Gasteiger partial charge >= 0.3 is 0 Å². The van der Waals surface area contributed by atoms with Gasteiger partial charge < -0.3 is 15.4 Å². The maximum atomic E-state index is 9.54. The van der Waals surface area contributed by atoms with E-state index in [-0.39, 0.29) is 17.3 Å². The highest BCUT2D eigenvalue weighted by Gasteiger charge is 2.53. The molecule has 4 aliphatic heterocycles. The van der Waals surface area contributed by atoms with Gasteiger partial charge in [0.05, 0.1) is 52.0 Å². The Morgan fingerprint density at radius 2 is 2.05 bits per heavy atom. The van der Waals surface area contributed by atoms with Gasteiger partial charge in [0, 0.05) is 60.2 Å². The average molecular weight is 552 g/mol. The number of dihydropyridines is 1. The molecule has 8 nitrogen and oxygen atoms in total. The van der Waals surface area contributed by atoms with Gasteiger partial charge in [-0.05, 0) is 62.3 Å². The first-order valence-electron chi connectivity index (χ1n) is 14.3. The van der Waals surface area contributed by atoms with Crippen molar-refractivity contribution in [2.24, 2.45) is 7.05 Å². The molecular weight excluding hydrogens is 518 g/mol. The number of ether oxygens (including phenoxy) is 1. The Kier molecular flexibility index (Phi) is 5.34. The highest BCUT2D eigenvalue weighted by molar-refractivity contribution is 7.12. The van der Waals surface area contributed by atoms with Crippen molar-refractivity contribution in [3.05, 3.63) is 69.0 Å². The lowest BCUT2D eigenvalue weighted by Crippen LogP contribution is -2.59. The number of rotatable bonds is 4. The smallest absolute Gasteiger partial charge is 0.124 e. The molecular formula is C31H33N7OS. The van der Waals surface area contributed by atoms with Gasteiger partial charge in [0.2, 0.25) is 0 Å². The summed E-state index contributed by atoms with van der Waals surface area (Å²) in [5.41, 5.74) is 8.38. The van der Waals surface area contributed by atoms with E-state index in [4.69, 9.17) is 4.74 Å². The number of thiazole rings is 1. The topological polar surface area (TPSA) is 91.0 Å². The van der Waals surface area contributed by atoms with Crippen molar-refractivity contribution in [3.8, 4) is 6.07 Å². The Morgan fingerprint density at radius 3 is 2.77 bits per heavy atom. The summed E-state index contributed by atoms with van der Waals surface area (Å²) in [5.74, 6) is 0. The number of hydrogen-bond acceptors (Lipinski definition) is 8. The third kappa shape index (κ3) is 3.43. The largest absolute Gasteiger partial charge is 0.367 e. The lowest BCUT2D eigenvalue weighted by molar-refractivity contribution is -0.0689. The summed E-state index contributed by atoms with van der Waals surface area (Å²) < 4.78 is 8.71. The van der Waals surface area contributed by atoms with E-state index in [0.29, 0.717) is 13.0 Å². The van der Waals surface area contributed by atoms with Gasteiger partial charge in [0.1, 0.15) is 6.17 Å². The number of nitriles is 1. The van der Waals surface area contributed by atoms with Crippen molar-refractivity contribution in [3.63, 3.8) is 0 Å². The van der Waals surface area contributed by atoms with Crippen LogP contribution in [0, 0.1) is 18.3 Å². The summed E-state index contributed by atoms with van der Waals surface area (Å²) in [6.07, 6.45) is 12.1. The number of hydrogen-bond donors (Lipinski definition) is 2. The van der Waals surface area contributed by atoms with Gasteiger partial charge in [0.25, 0.3) is 0 Å². The monoisotopic (exact) mass is 551 g/mol. The molecule has 8 rings (SSSR count). The van der Waals surface area contributed by atoms with E-state index in [1.807, 2.05) is 24.1 Å². The standard InChI is InChI=1S/C31H33N7OS/c1-19-33-17-24(40-19)28-25(20-4-5-23-21(14-20)16-35-37(23)2)26-27-22(15-34-29(26)36-28)18-39-31(27)9-12-38(13-10-31)30(8-11-32)6-3-7-30/h4-5,14-17,29,34,36H,3,6-10,12-13,18H2,1-2H3. The summed E-state index contributed by atoms with van der Waals surface area (Å²) in [6, 6.07) is 9.16. The zero-order valence-electron chi connectivity index (χ0n) is 23.0. The SMILES string of the molecule is Cc1ncc(C2=C(c3ccc4c(cnn4C)c3)C3=C4C(=CNC3N2)COC42CCN(C3(CC#N)CCC3)CC2)s1. The highest BCUT2D eigenvalue weighted by Crippen LogP contribution is 2.53. The molecule has 1 aliphatic carbocycles. The highest BCUT2D eigenvalue weighted by atomic mass is 32.1. The molecule has 204 valence electrons. The Balaban J connectivity index is 1.26. The molecule has 6 heterocycles. The lowest BCUT2D eigenvalue weighted by Gasteiger charge is -2.53. The first-order valence-corrected chi connectivity index (χ1v) is 15.1. The number of aryl methyl sites for hydroxylation is 2. The first kappa shape index (κ1) is 24.4. The van der Waals surface area contributed by atoms with Crippen LogP contribution in [0.5, 0.6) is 0 Å². The van der Waals surface area contributed by atoms with E-state index < -0.39 is 0 Å². The maximum absolute atomic E-state index is 9.54. The van der Waals surface area contributed by atoms with Gasteiger partial charge in [0.15, 0.2) is 0 Å². The number of piperidine rings is 1. The summed E-state index contributed by atoms with van der Waals surface area (Å²) in [5, 5.41) is 23.7. The second-order valence-corrected chi connectivity index (χ2v) is 13.2. The van der Waals surface area contributed by atoms with Crippen LogP contribution >= 0.6 is 11.3 Å². The molecule has 40 heavy (non-hydrogen) atoms. The van der Waals surface area contributed by atoms with Crippen molar-refractivity contribution in [2.45, 2.75) is 62.8 Å². The molecule has 1 atom stereocenters. The predicted octanol–water partition coefficient (Wildman–Crippen LogP) is 4.62. The van der Waals surface area contributed by atoms with E-state index in [9.17, 15) is 5.26 Å². The fourth-order valence-electron chi connectivity index (χ4n) is 7.69. The summed E-state index contributed by atoms with van der Waals surface area (Å²) >= 11 is 1.73. The Hall–Kier alpha value is -3.45. The minimum Gasteiger partial charge on any atom is -0.367 e. The molecule has 9 heteroatoms. The molecule has 1 saturated carbocycles. The molecule has 1 spiro atoms. The second-order valence-electron chi connectivity index (χ2n) is 11.9. The van der Waals surface area contributed by atoms with E-state index in [1.165, 1.54) is 34.3 Å². The quantitative estimate of drug-likeness (QED) is 0.489. The molecule has 5 aliphatic rings. The number of nitrogens with one attached hydrogen (secondary N) is 2. The number of aromatic nitrogens is 3. The molecule has 3 aromatic rings. The number of nitrogens with zero attached hydrogens (tertiary/aromatic N) is 5. The van der Waals surface area contributed by atoms with Crippen LogP contribution in [0.3, 0.4) is 0 Å². The third-order valence-electron chi connectivity index (χ3n) is 9.91. The van der Waals surface area contributed by atoms with Crippen LogP contribution in [-0.2, 0) is 11.8 Å². The normalized spacial score (nSPS) is 24.8. The van der Waals surface area contributed by atoms with Gasteiger partial charge in [-0.15, -0.1) is 11.3 Å². The molecule has 2 saturated heterocycles. The van der Waals surface area contributed by atoms with Crippen molar-refractivity contribution in [1.29, 1.82) is 5.26 Å². The van der Waals surface area contributed by atoms with Gasteiger partial charge in [-0.1, -0.05) is 6.07 Å². The minimum absolute atomic E-state index is 0.0241.